The molecule has 0 aliphatic carbocycles. The van der Waals surface area contributed by atoms with Gasteiger partial charge < -0.3 is 10.1 Å². The van der Waals surface area contributed by atoms with Gasteiger partial charge in [-0.1, -0.05) is 18.2 Å². The van der Waals surface area contributed by atoms with Crippen LogP contribution >= 0.6 is 11.3 Å². The second kappa shape index (κ2) is 7.08. The average Bonchev–Trinajstić information content (AvgIpc) is 3.24. The molecule has 0 spiro atoms. The molecule has 2 N–H and O–H groups in total. The Morgan fingerprint density at radius 1 is 1.19 bits per heavy atom. The number of carbonyl (C=O) groups excluding carboxylic acids is 1. The van der Waals surface area contributed by atoms with E-state index in [4.69, 9.17) is 0 Å². The van der Waals surface area contributed by atoms with E-state index in [1.807, 2.05) is 12.1 Å². The summed E-state index contributed by atoms with van der Waals surface area (Å²) in [5.41, 5.74) is 2.28. The van der Waals surface area contributed by atoms with Gasteiger partial charge in [0, 0.05) is 16.3 Å². The number of carbonyl (C=O) groups is 1. The number of aromatic nitrogens is 2. The number of aromatic amines is 1. The van der Waals surface area contributed by atoms with Crippen LogP contribution < -0.4 is 0 Å². The minimum atomic E-state index is -0.476. The molecule has 0 radical (unpaired) electrons. The number of para-hydroxylation sites is 1. The highest BCUT2D eigenvalue weighted by atomic mass is 32.1. The third-order valence-electron chi connectivity index (χ3n) is 3.90. The number of halogens is 1. The first-order valence-electron chi connectivity index (χ1n) is 8.05. The summed E-state index contributed by atoms with van der Waals surface area (Å²) in [4.78, 5) is 19.3. The molecule has 0 fully saturated rings. The van der Waals surface area contributed by atoms with Gasteiger partial charge in [0.05, 0.1) is 17.6 Å². The summed E-state index contributed by atoms with van der Waals surface area (Å²) in [6.45, 7) is 0. The lowest BCUT2D eigenvalue weighted by molar-refractivity contribution is -0.117. The Morgan fingerprint density at radius 2 is 1.96 bits per heavy atom. The molecule has 2 heterocycles. The van der Waals surface area contributed by atoms with Crippen LogP contribution in [0.4, 0.5) is 10.1 Å². The number of thiazole rings is 1. The number of rotatable bonds is 4. The Bertz CT molecular complexity index is 1150. The number of H-pyrrole nitrogens is 1. The van der Waals surface area contributed by atoms with Gasteiger partial charge in [-0.2, -0.15) is 0 Å². The smallest absolute Gasteiger partial charge is 0.270 e. The summed E-state index contributed by atoms with van der Waals surface area (Å²) in [5.74, 6) is -0.928. The van der Waals surface area contributed by atoms with Crippen molar-refractivity contribution in [2.45, 2.75) is 6.42 Å². The summed E-state index contributed by atoms with van der Waals surface area (Å²) >= 11 is 1.37. The Morgan fingerprint density at radius 3 is 2.78 bits per heavy atom. The molecular formula is C19H13FN4O2S. The van der Waals surface area contributed by atoms with Gasteiger partial charge in [0.2, 0.25) is 5.88 Å². The number of aromatic hydroxyl groups is 1. The molecule has 134 valence electrons. The lowest BCUT2D eigenvalue weighted by atomic mass is 10.2. The van der Waals surface area contributed by atoms with Crippen molar-refractivity contribution in [3.63, 3.8) is 0 Å². The molecule has 0 saturated heterocycles. The Labute approximate surface area is 157 Å². The predicted molar refractivity (Wildman–Crippen MR) is 101 cm³/mol. The van der Waals surface area contributed by atoms with Gasteiger partial charge in [-0.15, -0.1) is 21.6 Å². The maximum atomic E-state index is 13.0. The molecular weight excluding hydrogens is 367 g/mol. The van der Waals surface area contributed by atoms with Crippen LogP contribution in [0, 0.1) is 5.82 Å². The molecule has 0 aliphatic rings. The standard InChI is InChI=1S/C19H13FN4O2S/c20-12-7-5-11(6-8-12)19-21-13(10-27-19)9-16(25)23-24-17-14-3-1-2-4-15(14)22-18(17)26/h1-8,10,22,26H,9H2. The Balaban J connectivity index is 1.49. The van der Waals surface area contributed by atoms with E-state index in [2.05, 4.69) is 20.2 Å². The fourth-order valence-electron chi connectivity index (χ4n) is 2.62. The zero-order chi connectivity index (χ0) is 18.8. The molecule has 0 atom stereocenters. The highest BCUT2D eigenvalue weighted by Crippen LogP contribution is 2.35. The van der Waals surface area contributed by atoms with Gasteiger partial charge in [0.25, 0.3) is 5.91 Å². The van der Waals surface area contributed by atoms with E-state index in [0.717, 1.165) is 5.56 Å². The molecule has 4 aromatic rings. The summed E-state index contributed by atoms with van der Waals surface area (Å²) in [6, 6.07) is 13.2. The first-order chi connectivity index (χ1) is 13.1. The van der Waals surface area contributed by atoms with Gasteiger partial charge in [0.1, 0.15) is 10.8 Å². The fraction of sp³-hybridized carbons (Fsp3) is 0.0526. The van der Waals surface area contributed by atoms with Crippen molar-refractivity contribution in [2.75, 3.05) is 0 Å². The molecule has 0 aliphatic heterocycles. The number of nitrogens with one attached hydrogen (secondary N) is 1. The zero-order valence-corrected chi connectivity index (χ0v) is 14.7. The largest absolute Gasteiger partial charge is 0.493 e. The van der Waals surface area contributed by atoms with Gasteiger partial charge in [0.15, 0.2) is 5.69 Å². The highest BCUT2D eigenvalue weighted by molar-refractivity contribution is 7.13. The number of fused-ring (bicyclic) bond motifs is 1. The van der Waals surface area contributed by atoms with Crippen LogP contribution in [0.3, 0.4) is 0 Å². The topological polar surface area (TPSA) is 90.7 Å². The minimum absolute atomic E-state index is 0.00961. The Hall–Kier alpha value is -3.39. The van der Waals surface area contributed by atoms with Crippen molar-refractivity contribution in [1.82, 2.24) is 9.97 Å². The van der Waals surface area contributed by atoms with E-state index >= 15 is 0 Å². The fourth-order valence-corrected chi connectivity index (χ4v) is 3.45. The molecule has 1 amide bonds. The Kier molecular flexibility index (Phi) is 4.47. The summed E-state index contributed by atoms with van der Waals surface area (Å²) in [6.07, 6.45) is -0.00961. The molecule has 0 saturated carbocycles. The van der Waals surface area contributed by atoms with Crippen molar-refractivity contribution >= 4 is 33.8 Å². The van der Waals surface area contributed by atoms with Gasteiger partial charge in [-0.3, -0.25) is 4.79 Å². The van der Waals surface area contributed by atoms with Crippen LogP contribution in [0.1, 0.15) is 5.69 Å². The minimum Gasteiger partial charge on any atom is -0.493 e. The average molecular weight is 380 g/mol. The van der Waals surface area contributed by atoms with Gasteiger partial charge in [-0.05, 0) is 30.3 Å². The quantitative estimate of drug-likeness (QED) is 0.489. The molecule has 2 aromatic carbocycles. The van der Waals surface area contributed by atoms with Crippen molar-refractivity contribution in [1.29, 1.82) is 0 Å². The number of hydrogen-bond acceptors (Lipinski definition) is 5. The molecule has 8 heteroatoms. The van der Waals surface area contributed by atoms with Crippen molar-refractivity contribution in [3.05, 3.63) is 65.4 Å². The van der Waals surface area contributed by atoms with Crippen molar-refractivity contribution < 1.29 is 14.3 Å². The summed E-state index contributed by atoms with van der Waals surface area (Å²) < 4.78 is 13.0. The maximum absolute atomic E-state index is 13.0. The van der Waals surface area contributed by atoms with E-state index in [0.29, 0.717) is 21.6 Å². The van der Waals surface area contributed by atoms with Gasteiger partial charge in [-0.25, -0.2) is 9.37 Å². The first-order valence-corrected chi connectivity index (χ1v) is 8.93. The molecule has 2 aromatic heterocycles. The number of benzene rings is 2. The molecule has 0 bridgehead atoms. The van der Waals surface area contributed by atoms with Crippen LogP contribution in [0.15, 0.2) is 64.1 Å². The first kappa shape index (κ1) is 17.0. The molecule has 4 rings (SSSR count). The summed E-state index contributed by atoms with van der Waals surface area (Å²) in [7, 11) is 0. The van der Waals surface area contributed by atoms with Gasteiger partial charge >= 0.3 is 0 Å². The lowest BCUT2D eigenvalue weighted by Crippen LogP contribution is -1.98. The molecule has 27 heavy (non-hydrogen) atoms. The van der Waals surface area contributed by atoms with E-state index < -0.39 is 5.91 Å². The van der Waals surface area contributed by atoms with Crippen LogP contribution in [0.2, 0.25) is 0 Å². The second-order valence-corrected chi connectivity index (χ2v) is 6.65. The molecule has 0 unspecified atom stereocenters. The van der Waals surface area contributed by atoms with E-state index in [-0.39, 0.29) is 23.8 Å². The number of amides is 1. The predicted octanol–water partition coefficient (Wildman–Crippen LogP) is 4.99. The third-order valence-corrected chi connectivity index (χ3v) is 4.84. The maximum Gasteiger partial charge on any atom is 0.270 e. The second-order valence-electron chi connectivity index (χ2n) is 5.79. The monoisotopic (exact) mass is 380 g/mol. The van der Waals surface area contributed by atoms with Crippen LogP contribution in [0.5, 0.6) is 5.88 Å². The number of hydrogen-bond donors (Lipinski definition) is 2. The SMILES string of the molecule is O=C(Cc1csc(-c2ccc(F)cc2)n1)N=Nc1c(O)[nH]c2ccccc12. The van der Waals surface area contributed by atoms with Crippen LogP contribution in [0.25, 0.3) is 21.5 Å². The van der Waals surface area contributed by atoms with Crippen LogP contribution in [-0.2, 0) is 11.2 Å². The van der Waals surface area contributed by atoms with Crippen LogP contribution in [-0.4, -0.2) is 21.0 Å². The normalized spacial score (nSPS) is 11.4. The lowest BCUT2D eigenvalue weighted by Gasteiger charge is -1.95. The van der Waals surface area contributed by atoms with E-state index in [9.17, 15) is 14.3 Å². The highest BCUT2D eigenvalue weighted by Gasteiger charge is 2.12. The van der Waals surface area contributed by atoms with Crippen molar-refractivity contribution in [3.8, 4) is 16.5 Å². The number of nitrogens with zero attached hydrogens (tertiary/aromatic N) is 3. The van der Waals surface area contributed by atoms with E-state index in [1.165, 1.54) is 23.5 Å². The zero-order valence-electron chi connectivity index (χ0n) is 13.9. The molecule has 6 nitrogen and oxygen atoms in total. The third kappa shape index (κ3) is 3.61. The number of azo groups is 1. The summed E-state index contributed by atoms with van der Waals surface area (Å²) in [5, 5.41) is 20.6. The van der Waals surface area contributed by atoms with E-state index in [1.54, 1.807) is 29.6 Å². The van der Waals surface area contributed by atoms with Crippen molar-refractivity contribution in [2.24, 2.45) is 10.2 Å².